The van der Waals surface area contributed by atoms with Gasteiger partial charge in [0.05, 0.1) is 11.5 Å². The van der Waals surface area contributed by atoms with Gasteiger partial charge in [-0.3, -0.25) is 4.79 Å². The number of amides is 3. The zero-order valence-corrected chi connectivity index (χ0v) is 28.7. The lowest BCUT2D eigenvalue weighted by molar-refractivity contribution is -0.133. The number of fused-ring (bicyclic) bond motifs is 3. The summed E-state index contributed by atoms with van der Waals surface area (Å²) in [6.07, 6.45) is -0.673. The second kappa shape index (κ2) is 13.8. The smallest absolute Gasteiger partial charge is 0.410 e. The van der Waals surface area contributed by atoms with Crippen LogP contribution in [0.4, 0.5) is 14.0 Å². The molecule has 49 heavy (non-hydrogen) atoms. The van der Waals surface area contributed by atoms with E-state index >= 15 is 0 Å². The third-order valence-corrected chi connectivity index (χ3v) is 10.9. The standard InChI is InChI=1S/C37H42FN3O7S/c1-37(2,3)48-36(44)41(33-22-30(33)24-12-14-25(38)15-13-24)17-16-32(34(42)40-18-20-49(45,46)21-19-40)39-35(43)47-23-31-28-10-6-4-8-26(28)27-9-5-7-11-29(27)31/h4-15,30-33H,16-23H2,1-3H3,(H,39,43)/t30-,32+,33+/m0/s1. The van der Waals surface area contributed by atoms with Crippen LogP contribution in [0.25, 0.3) is 11.1 Å². The van der Waals surface area contributed by atoms with Gasteiger partial charge in [-0.05, 0) is 73.6 Å². The van der Waals surface area contributed by atoms with Gasteiger partial charge in [0.1, 0.15) is 24.1 Å². The van der Waals surface area contributed by atoms with Gasteiger partial charge in [-0.15, -0.1) is 0 Å². The summed E-state index contributed by atoms with van der Waals surface area (Å²) in [6, 6.07) is 20.8. The molecule has 3 amide bonds. The monoisotopic (exact) mass is 691 g/mol. The number of alkyl carbamates (subject to hydrolysis) is 1. The number of carbonyl (C=O) groups excluding carboxylic acids is 3. The lowest BCUT2D eigenvalue weighted by Gasteiger charge is -2.32. The second-order valence-corrected chi connectivity index (χ2v) is 16.2. The van der Waals surface area contributed by atoms with Gasteiger partial charge < -0.3 is 24.6 Å². The molecule has 3 aliphatic rings. The van der Waals surface area contributed by atoms with Gasteiger partial charge in [0.15, 0.2) is 9.84 Å². The van der Waals surface area contributed by atoms with Crippen LogP contribution in [0.3, 0.4) is 0 Å². The normalized spacial score (nSPS) is 20.0. The summed E-state index contributed by atoms with van der Waals surface area (Å²) < 4.78 is 49.3. The van der Waals surface area contributed by atoms with Crippen molar-refractivity contribution in [2.75, 3.05) is 37.7 Å². The maximum atomic E-state index is 13.8. The topological polar surface area (TPSA) is 122 Å². The molecule has 1 saturated carbocycles. The van der Waals surface area contributed by atoms with Crippen LogP contribution in [0.2, 0.25) is 0 Å². The van der Waals surface area contributed by atoms with E-state index in [0.29, 0.717) is 6.42 Å². The van der Waals surface area contributed by atoms with Crippen LogP contribution >= 0.6 is 0 Å². The summed E-state index contributed by atoms with van der Waals surface area (Å²) in [5.74, 6) is -1.34. The SMILES string of the molecule is CC(C)(C)OC(=O)N(CC[C@@H](NC(=O)OCC1c2ccccc2-c2ccccc21)C(=O)N1CCS(=O)(=O)CC1)[C@@H]1C[C@H]1c1ccc(F)cc1. The molecule has 260 valence electrons. The molecule has 0 spiro atoms. The molecule has 3 aromatic rings. The van der Waals surface area contributed by atoms with Gasteiger partial charge in [-0.25, -0.2) is 22.4 Å². The highest BCUT2D eigenvalue weighted by Crippen LogP contribution is 2.46. The summed E-state index contributed by atoms with van der Waals surface area (Å²) in [6.45, 7) is 5.44. The van der Waals surface area contributed by atoms with Gasteiger partial charge in [-0.1, -0.05) is 60.7 Å². The van der Waals surface area contributed by atoms with Crippen molar-refractivity contribution < 1.29 is 36.7 Å². The molecule has 6 rings (SSSR count). The highest BCUT2D eigenvalue weighted by molar-refractivity contribution is 7.91. The molecule has 0 unspecified atom stereocenters. The van der Waals surface area contributed by atoms with E-state index in [1.807, 2.05) is 48.5 Å². The molecule has 3 atom stereocenters. The number of nitrogens with one attached hydrogen (secondary N) is 1. The van der Waals surface area contributed by atoms with Crippen molar-refractivity contribution in [1.29, 1.82) is 0 Å². The van der Waals surface area contributed by atoms with Crippen LogP contribution in [-0.2, 0) is 24.1 Å². The van der Waals surface area contributed by atoms with Gasteiger partial charge in [0.2, 0.25) is 5.91 Å². The number of benzene rings is 3. The number of sulfone groups is 1. The Kier molecular flexibility index (Phi) is 9.70. The van der Waals surface area contributed by atoms with E-state index in [-0.39, 0.29) is 67.9 Å². The molecular formula is C37H42FN3O7S. The third kappa shape index (κ3) is 8.07. The van der Waals surface area contributed by atoms with E-state index in [9.17, 15) is 27.2 Å². The fraction of sp³-hybridized carbons (Fsp3) is 0.432. The number of carbonyl (C=O) groups is 3. The number of hydrogen-bond acceptors (Lipinski definition) is 7. The zero-order chi connectivity index (χ0) is 34.9. The summed E-state index contributed by atoms with van der Waals surface area (Å²) in [4.78, 5) is 43.7. The predicted molar refractivity (Wildman–Crippen MR) is 182 cm³/mol. The summed E-state index contributed by atoms with van der Waals surface area (Å²) in [5.41, 5.74) is 4.38. The number of rotatable bonds is 9. The van der Waals surface area contributed by atoms with E-state index in [0.717, 1.165) is 27.8 Å². The quantitative estimate of drug-likeness (QED) is 0.316. The molecule has 1 aliphatic heterocycles. The lowest BCUT2D eigenvalue weighted by Crippen LogP contribution is -2.54. The zero-order valence-electron chi connectivity index (χ0n) is 27.9. The molecule has 0 aromatic heterocycles. The molecule has 2 aliphatic carbocycles. The first-order valence-corrected chi connectivity index (χ1v) is 18.5. The molecule has 0 radical (unpaired) electrons. The Hall–Kier alpha value is -4.45. The van der Waals surface area contributed by atoms with Gasteiger partial charge in [0, 0.05) is 37.5 Å². The maximum absolute atomic E-state index is 13.8. The first kappa shape index (κ1) is 34.4. The van der Waals surface area contributed by atoms with E-state index in [4.69, 9.17) is 9.47 Å². The molecule has 12 heteroatoms. The molecule has 3 aromatic carbocycles. The number of halogens is 1. The molecule has 10 nitrogen and oxygen atoms in total. The highest BCUT2D eigenvalue weighted by atomic mass is 32.2. The minimum absolute atomic E-state index is 0.00901. The van der Waals surface area contributed by atoms with E-state index in [1.165, 1.54) is 17.0 Å². The Labute approximate surface area is 286 Å². The lowest BCUT2D eigenvalue weighted by atomic mass is 9.98. The molecule has 1 N–H and O–H groups in total. The average Bonchev–Trinajstić information content (AvgIpc) is 3.77. The van der Waals surface area contributed by atoms with E-state index in [2.05, 4.69) is 5.32 Å². The minimum Gasteiger partial charge on any atom is -0.449 e. The van der Waals surface area contributed by atoms with Crippen molar-refractivity contribution in [3.63, 3.8) is 0 Å². The number of hydrogen-bond donors (Lipinski definition) is 1. The highest BCUT2D eigenvalue weighted by Gasteiger charge is 2.46. The molecule has 1 heterocycles. The van der Waals surface area contributed by atoms with Gasteiger partial charge in [-0.2, -0.15) is 0 Å². The largest absolute Gasteiger partial charge is 0.449 e. The number of ether oxygens (including phenoxy) is 2. The minimum atomic E-state index is -3.26. The van der Waals surface area contributed by atoms with Crippen molar-refractivity contribution >= 4 is 27.9 Å². The van der Waals surface area contributed by atoms with Crippen LogP contribution in [0.5, 0.6) is 0 Å². The van der Waals surface area contributed by atoms with Crippen molar-refractivity contribution in [3.05, 3.63) is 95.3 Å². The van der Waals surface area contributed by atoms with Crippen LogP contribution in [0.1, 0.15) is 62.1 Å². The Morgan fingerprint density at radius 1 is 0.939 bits per heavy atom. The van der Waals surface area contributed by atoms with Crippen LogP contribution < -0.4 is 5.32 Å². The Morgan fingerprint density at radius 3 is 2.12 bits per heavy atom. The fourth-order valence-corrected chi connectivity index (χ4v) is 7.97. The van der Waals surface area contributed by atoms with Crippen LogP contribution in [0, 0.1) is 5.82 Å². The summed E-state index contributed by atoms with van der Waals surface area (Å²) in [5, 5.41) is 2.74. The average molecular weight is 692 g/mol. The first-order valence-electron chi connectivity index (χ1n) is 16.7. The van der Waals surface area contributed by atoms with Crippen LogP contribution in [0.15, 0.2) is 72.8 Å². The predicted octanol–water partition coefficient (Wildman–Crippen LogP) is 5.47. The first-order chi connectivity index (χ1) is 23.3. The fourth-order valence-electron chi connectivity index (χ4n) is 6.77. The second-order valence-electron chi connectivity index (χ2n) is 13.9. The molecule has 1 saturated heterocycles. The summed E-state index contributed by atoms with van der Waals surface area (Å²) in [7, 11) is -3.26. The number of nitrogens with zero attached hydrogens (tertiary/aromatic N) is 2. The molecule has 2 fully saturated rings. The van der Waals surface area contributed by atoms with E-state index in [1.54, 1.807) is 37.8 Å². The van der Waals surface area contributed by atoms with Crippen molar-refractivity contribution in [2.24, 2.45) is 0 Å². The van der Waals surface area contributed by atoms with Gasteiger partial charge >= 0.3 is 12.2 Å². The Bertz CT molecular complexity index is 1770. The maximum Gasteiger partial charge on any atom is 0.410 e. The van der Waals surface area contributed by atoms with Crippen molar-refractivity contribution in [2.45, 2.75) is 63.1 Å². The van der Waals surface area contributed by atoms with Crippen molar-refractivity contribution in [1.82, 2.24) is 15.1 Å². The Balaban J connectivity index is 1.18. The Morgan fingerprint density at radius 2 is 1.53 bits per heavy atom. The van der Waals surface area contributed by atoms with Crippen molar-refractivity contribution in [3.8, 4) is 11.1 Å². The van der Waals surface area contributed by atoms with E-state index < -0.39 is 39.6 Å². The third-order valence-electron chi connectivity index (χ3n) is 9.33. The molecular weight excluding hydrogens is 649 g/mol. The van der Waals surface area contributed by atoms with Crippen LogP contribution in [-0.4, -0.2) is 91.7 Å². The summed E-state index contributed by atoms with van der Waals surface area (Å²) >= 11 is 0. The molecule has 0 bridgehead atoms. The van der Waals surface area contributed by atoms with Gasteiger partial charge in [0.25, 0.3) is 0 Å².